The summed E-state index contributed by atoms with van der Waals surface area (Å²) in [6.07, 6.45) is -14.5. The number of aryl methyl sites for hydroxylation is 1. The minimum atomic E-state index is -6.38. The summed E-state index contributed by atoms with van der Waals surface area (Å²) in [5.74, 6) is -1.83. The molecule has 2 saturated heterocycles. The number of sulfone groups is 2. The highest BCUT2D eigenvalue weighted by Crippen LogP contribution is 2.57. The Bertz CT molecular complexity index is 1730. The van der Waals surface area contributed by atoms with Crippen molar-refractivity contribution in [3.05, 3.63) is 64.7 Å². The predicted octanol–water partition coefficient (Wildman–Crippen LogP) is 5.26. The van der Waals surface area contributed by atoms with Crippen LogP contribution in [-0.4, -0.2) is 74.8 Å². The van der Waals surface area contributed by atoms with Gasteiger partial charge in [-0.1, -0.05) is 44.2 Å². The molecule has 0 spiro atoms. The van der Waals surface area contributed by atoms with Crippen LogP contribution in [0.5, 0.6) is 0 Å². The number of alkyl halides is 7. The molecule has 5 rings (SSSR count). The van der Waals surface area contributed by atoms with Gasteiger partial charge >= 0.3 is 18.0 Å². The van der Waals surface area contributed by atoms with Crippen LogP contribution in [0.15, 0.2) is 47.4 Å². The highest BCUT2D eigenvalue weighted by atomic mass is 32.2. The van der Waals surface area contributed by atoms with Gasteiger partial charge in [0.2, 0.25) is 0 Å². The van der Waals surface area contributed by atoms with Crippen LogP contribution < -0.4 is 0 Å². The Morgan fingerprint density at radius 3 is 2.02 bits per heavy atom. The Kier molecular flexibility index (Phi) is 8.21. The monoisotopic (exact) mass is 699 g/mol. The first-order valence-electron chi connectivity index (χ1n) is 14.6. The lowest BCUT2D eigenvalue weighted by molar-refractivity contribution is -0.348. The van der Waals surface area contributed by atoms with Crippen molar-refractivity contribution in [3.8, 4) is 0 Å². The molecule has 2 fully saturated rings. The Hall–Kier alpha value is -2.72. The molecule has 1 N–H and O–H groups in total. The van der Waals surface area contributed by atoms with Gasteiger partial charge < -0.3 is 10.0 Å². The number of rotatable bonds is 5. The Labute approximate surface area is 261 Å². The highest BCUT2D eigenvalue weighted by molar-refractivity contribution is 7.92. The molecular formula is C30H32F7NO6S2. The average molecular weight is 700 g/mol. The number of halogens is 7. The number of aliphatic hydroxyl groups is 1. The van der Waals surface area contributed by atoms with E-state index < -0.39 is 89.9 Å². The molecule has 2 aromatic rings. The van der Waals surface area contributed by atoms with Gasteiger partial charge in [0.1, 0.15) is 10.3 Å². The quantitative estimate of drug-likeness (QED) is 0.427. The molecule has 1 aliphatic carbocycles. The van der Waals surface area contributed by atoms with E-state index in [-0.39, 0.29) is 53.8 Å². The van der Waals surface area contributed by atoms with Crippen LogP contribution in [-0.2, 0) is 41.3 Å². The fourth-order valence-electron chi connectivity index (χ4n) is 7.07. The van der Waals surface area contributed by atoms with Gasteiger partial charge in [0, 0.05) is 12.1 Å². The lowest BCUT2D eigenvalue weighted by atomic mass is 9.76. The van der Waals surface area contributed by atoms with E-state index in [9.17, 15) is 53.1 Å². The van der Waals surface area contributed by atoms with E-state index in [0.29, 0.717) is 6.07 Å². The third kappa shape index (κ3) is 5.13. The molecule has 2 heterocycles. The zero-order valence-electron chi connectivity index (χ0n) is 24.8. The van der Waals surface area contributed by atoms with Gasteiger partial charge in [0.25, 0.3) is 5.91 Å². The number of benzene rings is 2. The van der Waals surface area contributed by atoms with Gasteiger partial charge in [-0.2, -0.15) is 26.3 Å². The van der Waals surface area contributed by atoms with Gasteiger partial charge in [-0.05, 0) is 66.8 Å². The van der Waals surface area contributed by atoms with Gasteiger partial charge in [-0.25, -0.2) is 21.2 Å². The zero-order chi connectivity index (χ0) is 34.3. The van der Waals surface area contributed by atoms with E-state index in [1.54, 1.807) is 12.1 Å². The number of fused-ring (bicyclic) bond motifs is 3. The molecule has 2 aliphatic heterocycles. The molecule has 3 aliphatic rings. The second-order valence-electron chi connectivity index (χ2n) is 12.6. The fraction of sp³-hybridized carbons (Fsp3) is 0.567. The number of amides is 1. The summed E-state index contributed by atoms with van der Waals surface area (Å²) in [6, 6.07) is 6.04. The molecule has 7 nitrogen and oxygen atoms in total. The van der Waals surface area contributed by atoms with Crippen LogP contribution in [0.4, 0.5) is 30.7 Å². The number of hydrogen-bond acceptors (Lipinski definition) is 6. The van der Waals surface area contributed by atoms with Crippen LogP contribution >= 0.6 is 0 Å². The van der Waals surface area contributed by atoms with Crippen molar-refractivity contribution in [3.63, 3.8) is 0 Å². The highest BCUT2D eigenvalue weighted by Gasteiger charge is 2.74. The third-order valence-electron chi connectivity index (χ3n) is 9.71. The standard InChI is InChI=1S/C30H32F7NO6S2/c1-18(2)19-3-7-22(8-4-19)46(43,44)27-11-14-38(25(39)26(40)12-15-45(41,42)16-13-26)24(27)10-5-20-17-21(6-9-23(20)27)28(31,29(32,33)34)30(35,36)37/h3-4,6-9,17-18,24,40H,5,10-16H2,1-2H3. The largest absolute Gasteiger partial charge is 0.435 e. The zero-order valence-corrected chi connectivity index (χ0v) is 26.4. The molecule has 254 valence electrons. The first-order chi connectivity index (χ1) is 21.0. The van der Waals surface area contributed by atoms with Crippen LogP contribution in [0.25, 0.3) is 0 Å². The Morgan fingerprint density at radius 2 is 1.50 bits per heavy atom. The minimum absolute atomic E-state index is 0.0272. The van der Waals surface area contributed by atoms with Gasteiger partial charge in [0.05, 0.1) is 22.4 Å². The maximum absolute atomic E-state index is 15.1. The molecule has 16 heteroatoms. The number of hydrogen-bond donors (Lipinski definition) is 1. The van der Waals surface area contributed by atoms with Crippen molar-refractivity contribution in [1.29, 1.82) is 0 Å². The SMILES string of the molecule is CC(C)c1ccc(S(=O)(=O)C23CCN(C(=O)C4(O)CCS(=O)(=O)CC4)C2CCc2cc(C(F)(C(F)(F)F)C(F)(F)F)ccc23)cc1. The van der Waals surface area contributed by atoms with Crippen LogP contribution in [0.1, 0.15) is 67.7 Å². The smallest absolute Gasteiger partial charge is 0.380 e. The fourth-order valence-corrected chi connectivity index (χ4v) is 10.9. The second-order valence-corrected chi connectivity index (χ2v) is 17.1. The first kappa shape index (κ1) is 34.6. The normalized spacial score (nSPS) is 24.8. The molecule has 0 saturated carbocycles. The molecule has 1 amide bonds. The van der Waals surface area contributed by atoms with E-state index in [2.05, 4.69) is 0 Å². The van der Waals surface area contributed by atoms with E-state index >= 15 is 4.39 Å². The summed E-state index contributed by atoms with van der Waals surface area (Å²) < 4.78 is 148. The van der Waals surface area contributed by atoms with Gasteiger partial charge in [-0.15, -0.1) is 0 Å². The Morgan fingerprint density at radius 1 is 0.935 bits per heavy atom. The predicted molar refractivity (Wildman–Crippen MR) is 152 cm³/mol. The summed E-state index contributed by atoms with van der Waals surface area (Å²) >= 11 is 0. The maximum Gasteiger partial charge on any atom is 0.435 e. The van der Waals surface area contributed by atoms with Crippen LogP contribution in [0.3, 0.4) is 0 Å². The van der Waals surface area contributed by atoms with Crippen molar-refractivity contribution in [2.45, 2.75) is 91.2 Å². The molecular weight excluding hydrogens is 667 g/mol. The summed E-state index contributed by atoms with van der Waals surface area (Å²) in [7, 11) is -8.08. The molecule has 46 heavy (non-hydrogen) atoms. The summed E-state index contributed by atoms with van der Waals surface area (Å²) in [5, 5.41) is 11.2. The van der Waals surface area contributed by atoms with Crippen LogP contribution in [0.2, 0.25) is 0 Å². The topological polar surface area (TPSA) is 109 Å². The van der Waals surface area contributed by atoms with Gasteiger partial charge in [0.15, 0.2) is 19.7 Å². The summed E-state index contributed by atoms with van der Waals surface area (Å²) in [5.41, 5.74) is -9.22. The van der Waals surface area contributed by atoms with Crippen molar-refractivity contribution in [2.75, 3.05) is 18.1 Å². The number of likely N-dealkylation sites (tertiary alicyclic amines) is 1. The molecule has 0 bridgehead atoms. The Balaban J connectivity index is 1.67. The second kappa shape index (κ2) is 10.9. The maximum atomic E-state index is 15.1. The molecule has 0 aromatic heterocycles. The first-order valence-corrected chi connectivity index (χ1v) is 17.9. The van der Waals surface area contributed by atoms with Gasteiger partial charge in [-0.3, -0.25) is 4.79 Å². The summed E-state index contributed by atoms with van der Waals surface area (Å²) in [6.45, 7) is 3.49. The van der Waals surface area contributed by atoms with Crippen LogP contribution in [0, 0.1) is 0 Å². The average Bonchev–Trinajstić information content (AvgIpc) is 3.38. The summed E-state index contributed by atoms with van der Waals surface area (Å²) in [4.78, 5) is 14.7. The lowest BCUT2D eigenvalue weighted by Gasteiger charge is -2.44. The molecule has 0 radical (unpaired) electrons. The molecule has 2 atom stereocenters. The number of nitrogens with zero attached hydrogens (tertiary/aromatic N) is 1. The lowest BCUT2D eigenvalue weighted by Crippen LogP contribution is -2.58. The van der Waals surface area contributed by atoms with Crippen molar-refractivity contribution in [2.24, 2.45) is 0 Å². The molecule has 2 unspecified atom stereocenters. The van der Waals surface area contributed by atoms with E-state index in [1.807, 2.05) is 13.8 Å². The van der Waals surface area contributed by atoms with E-state index in [4.69, 9.17) is 0 Å². The van der Waals surface area contributed by atoms with E-state index in [1.165, 1.54) is 12.1 Å². The molecule has 2 aromatic carbocycles. The third-order valence-corrected chi connectivity index (χ3v) is 13.9. The van der Waals surface area contributed by atoms with Crippen molar-refractivity contribution < 1.29 is 57.5 Å². The number of carbonyl (C=O) groups is 1. The van der Waals surface area contributed by atoms with Crippen molar-refractivity contribution in [1.82, 2.24) is 4.90 Å². The van der Waals surface area contributed by atoms with E-state index in [0.717, 1.165) is 16.5 Å². The minimum Gasteiger partial charge on any atom is -0.380 e. The van der Waals surface area contributed by atoms with Crippen molar-refractivity contribution >= 4 is 25.6 Å². The number of carbonyl (C=O) groups excluding carboxylic acids is 1.